The lowest BCUT2D eigenvalue weighted by molar-refractivity contribution is 0.296. The van der Waals surface area contributed by atoms with E-state index in [-0.39, 0.29) is 4.90 Å². The van der Waals surface area contributed by atoms with Gasteiger partial charge >= 0.3 is 0 Å². The van der Waals surface area contributed by atoms with Gasteiger partial charge in [0.1, 0.15) is 0 Å². The lowest BCUT2D eigenvalue weighted by Gasteiger charge is -2.20. The maximum Gasteiger partial charge on any atom is 0.243 e. The fourth-order valence-electron chi connectivity index (χ4n) is 2.24. The zero-order valence-corrected chi connectivity index (χ0v) is 13.5. The van der Waals surface area contributed by atoms with Crippen LogP contribution in [0.15, 0.2) is 23.1 Å². The molecule has 118 valence electrons. The number of benzene rings is 1. The van der Waals surface area contributed by atoms with Crippen LogP contribution in [0.2, 0.25) is 0 Å². The van der Waals surface area contributed by atoms with Crippen molar-refractivity contribution in [2.24, 2.45) is 0 Å². The average molecular weight is 313 g/mol. The molecule has 0 spiro atoms. The summed E-state index contributed by atoms with van der Waals surface area (Å²) in [6, 6.07) is 4.85. The van der Waals surface area contributed by atoms with Crippen molar-refractivity contribution < 1.29 is 17.9 Å². The Morgan fingerprint density at radius 1 is 1.14 bits per heavy atom. The van der Waals surface area contributed by atoms with Crippen LogP contribution in [-0.4, -0.2) is 39.0 Å². The first-order valence-electron chi connectivity index (χ1n) is 7.49. The molecule has 2 rings (SSSR count). The zero-order chi connectivity index (χ0) is 15.3. The van der Waals surface area contributed by atoms with Crippen molar-refractivity contribution in [3.8, 4) is 11.5 Å². The Bertz CT molecular complexity index is 571. The molecule has 1 aromatic rings. The van der Waals surface area contributed by atoms with Crippen LogP contribution in [0.4, 0.5) is 0 Å². The van der Waals surface area contributed by atoms with Gasteiger partial charge in [-0.1, -0.05) is 20.3 Å². The van der Waals surface area contributed by atoms with Gasteiger partial charge in [0, 0.05) is 25.6 Å². The molecule has 0 saturated heterocycles. The van der Waals surface area contributed by atoms with E-state index in [1.165, 1.54) is 4.31 Å². The Labute approximate surface area is 126 Å². The highest BCUT2D eigenvalue weighted by atomic mass is 32.2. The summed E-state index contributed by atoms with van der Waals surface area (Å²) in [5, 5.41) is 0. The van der Waals surface area contributed by atoms with Crippen molar-refractivity contribution in [1.29, 1.82) is 0 Å². The third-order valence-electron chi connectivity index (χ3n) is 3.47. The SMILES string of the molecule is CCCCN(CC)S(=O)(=O)c1ccc2c(c1)OCCCO2. The molecular formula is C15H23NO4S. The second kappa shape index (κ2) is 7.13. The maximum atomic E-state index is 12.7. The predicted molar refractivity (Wildman–Crippen MR) is 81.4 cm³/mol. The van der Waals surface area contributed by atoms with Crippen LogP contribution in [0.5, 0.6) is 11.5 Å². The van der Waals surface area contributed by atoms with Gasteiger partial charge in [-0.25, -0.2) is 8.42 Å². The number of fused-ring (bicyclic) bond motifs is 1. The Hall–Kier alpha value is -1.27. The average Bonchev–Trinajstić information content (AvgIpc) is 2.72. The molecule has 1 aromatic carbocycles. The summed E-state index contributed by atoms with van der Waals surface area (Å²) in [6.07, 6.45) is 2.62. The van der Waals surface area contributed by atoms with Gasteiger partial charge in [-0.15, -0.1) is 0 Å². The number of nitrogens with zero attached hydrogens (tertiary/aromatic N) is 1. The van der Waals surface area contributed by atoms with Gasteiger partial charge in [0.15, 0.2) is 11.5 Å². The summed E-state index contributed by atoms with van der Waals surface area (Å²) in [4.78, 5) is 0.268. The number of rotatable bonds is 6. The van der Waals surface area contributed by atoms with E-state index < -0.39 is 10.0 Å². The third-order valence-corrected chi connectivity index (χ3v) is 5.44. The molecule has 0 saturated carbocycles. The van der Waals surface area contributed by atoms with Gasteiger partial charge in [0.25, 0.3) is 0 Å². The smallest absolute Gasteiger partial charge is 0.243 e. The van der Waals surface area contributed by atoms with Crippen LogP contribution in [0.25, 0.3) is 0 Å². The van der Waals surface area contributed by atoms with Gasteiger partial charge < -0.3 is 9.47 Å². The maximum absolute atomic E-state index is 12.7. The van der Waals surface area contributed by atoms with Crippen molar-refractivity contribution in [1.82, 2.24) is 4.31 Å². The van der Waals surface area contributed by atoms with E-state index in [9.17, 15) is 8.42 Å². The van der Waals surface area contributed by atoms with E-state index >= 15 is 0 Å². The first-order valence-corrected chi connectivity index (χ1v) is 8.93. The van der Waals surface area contributed by atoms with E-state index in [0.29, 0.717) is 37.8 Å². The molecule has 0 fully saturated rings. The minimum atomic E-state index is -3.47. The van der Waals surface area contributed by atoms with Gasteiger partial charge in [0.2, 0.25) is 10.0 Å². The monoisotopic (exact) mass is 313 g/mol. The van der Waals surface area contributed by atoms with Crippen LogP contribution in [0, 0.1) is 0 Å². The van der Waals surface area contributed by atoms with E-state index in [2.05, 4.69) is 0 Å². The van der Waals surface area contributed by atoms with Crippen molar-refractivity contribution in [3.05, 3.63) is 18.2 Å². The summed E-state index contributed by atoms with van der Waals surface area (Å²) < 4.78 is 38.0. The van der Waals surface area contributed by atoms with Crippen LogP contribution in [-0.2, 0) is 10.0 Å². The Morgan fingerprint density at radius 2 is 1.86 bits per heavy atom. The topological polar surface area (TPSA) is 55.8 Å². The second-order valence-electron chi connectivity index (χ2n) is 5.01. The third kappa shape index (κ3) is 3.68. The number of ether oxygens (including phenoxy) is 2. The molecule has 6 heteroatoms. The van der Waals surface area contributed by atoms with Crippen LogP contribution < -0.4 is 9.47 Å². The second-order valence-corrected chi connectivity index (χ2v) is 6.95. The number of sulfonamides is 1. The highest BCUT2D eigenvalue weighted by molar-refractivity contribution is 7.89. The van der Waals surface area contributed by atoms with Gasteiger partial charge in [-0.3, -0.25) is 0 Å². The minimum absolute atomic E-state index is 0.268. The molecule has 1 aliphatic heterocycles. The molecule has 5 nitrogen and oxygen atoms in total. The summed E-state index contributed by atoms with van der Waals surface area (Å²) in [7, 11) is -3.47. The Balaban J connectivity index is 2.29. The number of hydrogen-bond acceptors (Lipinski definition) is 4. The van der Waals surface area contributed by atoms with Crippen LogP contribution >= 0.6 is 0 Å². The number of hydrogen-bond donors (Lipinski definition) is 0. The molecule has 0 aromatic heterocycles. The molecule has 1 aliphatic rings. The molecule has 0 radical (unpaired) electrons. The van der Waals surface area contributed by atoms with Crippen molar-refractivity contribution in [2.75, 3.05) is 26.3 Å². The lowest BCUT2D eigenvalue weighted by Crippen LogP contribution is -2.31. The van der Waals surface area contributed by atoms with Crippen LogP contribution in [0.3, 0.4) is 0 Å². The first kappa shape index (κ1) is 16.1. The predicted octanol–water partition coefficient (Wildman–Crippen LogP) is 2.66. The molecule has 0 N–H and O–H groups in total. The van der Waals surface area contributed by atoms with E-state index in [0.717, 1.165) is 19.3 Å². The quantitative estimate of drug-likeness (QED) is 0.810. The largest absolute Gasteiger partial charge is 0.490 e. The molecular weight excluding hydrogens is 290 g/mol. The van der Waals surface area contributed by atoms with Crippen molar-refractivity contribution in [3.63, 3.8) is 0 Å². The van der Waals surface area contributed by atoms with Gasteiger partial charge in [0.05, 0.1) is 18.1 Å². The summed E-state index contributed by atoms with van der Waals surface area (Å²) in [5.41, 5.74) is 0. The summed E-state index contributed by atoms with van der Waals surface area (Å²) in [6.45, 7) is 6.06. The molecule has 0 bridgehead atoms. The highest BCUT2D eigenvalue weighted by Gasteiger charge is 2.24. The van der Waals surface area contributed by atoms with Crippen molar-refractivity contribution in [2.45, 2.75) is 38.0 Å². The summed E-state index contributed by atoms with van der Waals surface area (Å²) in [5.74, 6) is 1.13. The molecule has 0 aliphatic carbocycles. The normalized spacial score (nSPS) is 15.0. The lowest BCUT2D eigenvalue weighted by atomic mass is 10.3. The fourth-order valence-corrected chi connectivity index (χ4v) is 3.74. The van der Waals surface area contributed by atoms with Gasteiger partial charge in [-0.05, 0) is 18.6 Å². The highest BCUT2D eigenvalue weighted by Crippen LogP contribution is 2.32. The van der Waals surface area contributed by atoms with E-state index in [4.69, 9.17) is 9.47 Å². The van der Waals surface area contributed by atoms with Crippen molar-refractivity contribution >= 4 is 10.0 Å². The van der Waals surface area contributed by atoms with E-state index in [1.54, 1.807) is 18.2 Å². The number of unbranched alkanes of at least 4 members (excludes halogenated alkanes) is 1. The molecule has 0 atom stereocenters. The Kier molecular flexibility index (Phi) is 5.47. The minimum Gasteiger partial charge on any atom is -0.490 e. The standard InChI is InChI=1S/C15H23NO4S/c1-3-5-9-16(4-2)21(17,18)13-7-8-14-15(12-13)20-11-6-10-19-14/h7-8,12H,3-6,9-11H2,1-2H3. The van der Waals surface area contributed by atoms with Crippen LogP contribution in [0.1, 0.15) is 33.1 Å². The molecule has 21 heavy (non-hydrogen) atoms. The fraction of sp³-hybridized carbons (Fsp3) is 0.600. The molecule has 0 unspecified atom stereocenters. The summed E-state index contributed by atoms with van der Waals surface area (Å²) >= 11 is 0. The molecule has 0 amide bonds. The Morgan fingerprint density at radius 3 is 2.52 bits per heavy atom. The van der Waals surface area contributed by atoms with E-state index in [1.807, 2.05) is 13.8 Å². The molecule has 1 heterocycles. The first-order chi connectivity index (χ1) is 10.1. The zero-order valence-electron chi connectivity index (χ0n) is 12.7. The van der Waals surface area contributed by atoms with Gasteiger partial charge in [-0.2, -0.15) is 4.31 Å².